The van der Waals surface area contributed by atoms with Crippen LogP contribution in [0.1, 0.15) is 18.2 Å². The average molecular weight is 322 g/mol. The fourth-order valence-corrected chi connectivity index (χ4v) is 3.26. The van der Waals surface area contributed by atoms with Crippen LogP contribution < -0.4 is 10.0 Å². The molecule has 0 bridgehead atoms. The largest absolute Gasteiger partial charge is 0.467 e. The zero-order chi connectivity index (χ0) is 16.0. The summed E-state index contributed by atoms with van der Waals surface area (Å²) < 4.78 is 31.5. The molecule has 22 heavy (non-hydrogen) atoms. The molecular weight excluding hydrogens is 304 g/mol. The summed E-state index contributed by atoms with van der Waals surface area (Å²) in [7, 11) is -3.59. The average Bonchev–Trinajstić information content (AvgIpc) is 2.98. The molecule has 0 radical (unpaired) electrons. The monoisotopic (exact) mass is 322 g/mol. The molecule has 0 aliphatic heterocycles. The van der Waals surface area contributed by atoms with E-state index in [2.05, 4.69) is 10.0 Å². The molecule has 2 N–H and O–H groups in total. The minimum Gasteiger partial charge on any atom is -0.467 e. The lowest BCUT2D eigenvalue weighted by molar-refractivity contribution is -0.122. The normalized spacial score (nSPS) is 12.8. The molecule has 1 amide bonds. The first-order valence-corrected chi connectivity index (χ1v) is 8.45. The van der Waals surface area contributed by atoms with Gasteiger partial charge in [0.2, 0.25) is 15.9 Å². The van der Waals surface area contributed by atoms with Crippen molar-refractivity contribution in [3.8, 4) is 0 Å². The molecule has 1 heterocycles. The number of amides is 1. The summed E-state index contributed by atoms with van der Waals surface area (Å²) in [6.07, 6.45) is 1.51. The van der Waals surface area contributed by atoms with E-state index in [9.17, 15) is 13.2 Å². The van der Waals surface area contributed by atoms with Crippen LogP contribution in [0.5, 0.6) is 0 Å². The van der Waals surface area contributed by atoms with Crippen molar-refractivity contribution in [3.05, 3.63) is 60.1 Å². The first-order chi connectivity index (χ1) is 10.5. The van der Waals surface area contributed by atoms with E-state index in [0.717, 1.165) is 0 Å². The Labute approximate surface area is 129 Å². The summed E-state index contributed by atoms with van der Waals surface area (Å²) in [6.45, 7) is 1.72. The van der Waals surface area contributed by atoms with Gasteiger partial charge in [-0.1, -0.05) is 30.3 Å². The first-order valence-electron chi connectivity index (χ1n) is 6.80. The Morgan fingerprint density at radius 3 is 2.55 bits per heavy atom. The molecular formula is C15H18N2O4S. The van der Waals surface area contributed by atoms with Gasteiger partial charge in [-0.3, -0.25) is 4.79 Å². The van der Waals surface area contributed by atoms with Gasteiger partial charge in [0.1, 0.15) is 5.76 Å². The SMILES string of the molecule is C[C@@H](NS(=O)(=O)Cc1ccccc1)C(=O)NCc1ccco1. The van der Waals surface area contributed by atoms with Gasteiger partial charge in [-0.2, -0.15) is 0 Å². The summed E-state index contributed by atoms with van der Waals surface area (Å²) >= 11 is 0. The van der Waals surface area contributed by atoms with Crippen molar-refractivity contribution in [3.63, 3.8) is 0 Å². The molecule has 0 saturated carbocycles. The molecule has 0 aliphatic rings. The molecule has 1 atom stereocenters. The van der Waals surface area contributed by atoms with E-state index < -0.39 is 22.0 Å². The van der Waals surface area contributed by atoms with Gasteiger partial charge < -0.3 is 9.73 Å². The number of carbonyl (C=O) groups is 1. The van der Waals surface area contributed by atoms with Crippen LogP contribution in [0.3, 0.4) is 0 Å². The molecule has 0 saturated heterocycles. The number of hydrogen-bond acceptors (Lipinski definition) is 4. The minimum atomic E-state index is -3.59. The molecule has 7 heteroatoms. The zero-order valence-corrected chi connectivity index (χ0v) is 13.0. The topological polar surface area (TPSA) is 88.4 Å². The van der Waals surface area contributed by atoms with Crippen LogP contribution in [-0.4, -0.2) is 20.4 Å². The predicted molar refractivity (Wildman–Crippen MR) is 82.2 cm³/mol. The second kappa shape index (κ2) is 7.24. The number of benzene rings is 1. The Hall–Kier alpha value is -2.12. The number of sulfonamides is 1. The molecule has 0 spiro atoms. The van der Waals surface area contributed by atoms with E-state index >= 15 is 0 Å². The lowest BCUT2D eigenvalue weighted by atomic mass is 10.2. The summed E-state index contributed by atoms with van der Waals surface area (Å²) in [4.78, 5) is 11.9. The lowest BCUT2D eigenvalue weighted by Gasteiger charge is -2.14. The van der Waals surface area contributed by atoms with Crippen LogP contribution in [0.4, 0.5) is 0 Å². The van der Waals surface area contributed by atoms with E-state index in [4.69, 9.17) is 4.42 Å². The van der Waals surface area contributed by atoms with Crippen molar-refractivity contribution in [2.45, 2.75) is 25.3 Å². The predicted octanol–water partition coefficient (Wildman–Crippen LogP) is 1.40. The zero-order valence-electron chi connectivity index (χ0n) is 12.2. The summed E-state index contributed by atoms with van der Waals surface area (Å²) in [5.41, 5.74) is 0.665. The Bertz CT molecular complexity index is 696. The van der Waals surface area contributed by atoms with E-state index in [-0.39, 0.29) is 12.3 Å². The Morgan fingerprint density at radius 2 is 1.91 bits per heavy atom. The smallest absolute Gasteiger partial charge is 0.238 e. The highest BCUT2D eigenvalue weighted by molar-refractivity contribution is 7.88. The second-order valence-corrected chi connectivity index (χ2v) is 6.64. The van der Waals surface area contributed by atoms with Gasteiger partial charge in [-0.25, -0.2) is 13.1 Å². The summed E-state index contributed by atoms with van der Waals surface area (Å²) in [6, 6.07) is 11.4. The van der Waals surface area contributed by atoms with Crippen molar-refractivity contribution in [2.24, 2.45) is 0 Å². The fourth-order valence-electron chi connectivity index (χ4n) is 1.90. The number of hydrogen-bond donors (Lipinski definition) is 2. The van der Waals surface area contributed by atoms with Gasteiger partial charge in [-0.05, 0) is 24.6 Å². The number of carbonyl (C=O) groups excluding carboxylic acids is 1. The molecule has 118 valence electrons. The van der Waals surface area contributed by atoms with Crippen LogP contribution in [0.25, 0.3) is 0 Å². The van der Waals surface area contributed by atoms with Crippen LogP contribution >= 0.6 is 0 Å². The highest BCUT2D eigenvalue weighted by Gasteiger charge is 2.20. The fraction of sp³-hybridized carbons (Fsp3) is 0.267. The van der Waals surface area contributed by atoms with Crippen molar-refractivity contribution in [2.75, 3.05) is 0 Å². The van der Waals surface area contributed by atoms with Gasteiger partial charge in [0.25, 0.3) is 0 Å². The third-order valence-electron chi connectivity index (χ3n) is 2.97. The molecule has 1 aromatic heterocycles. The highest BCUT2D eigenvalue weighted by Crippen LogP contribution is 2.05. The quantitative estimate of drug-likeness (QED) is 0.806. The van der Waals surface area contributed by atoms with E-state index in [1.54, 1.807) is 36.4 Å². The van der Waals surface area contributed by atoms with Gasteiger partial charge >= 0.3 is 0 Å². The molecule has 0 unspecified atom stereocenters. The van der Waals surface area contributed by atoms with Crippen molar-refractivity contribution >= 4 is 15.9 Å². The summed E-state index contributed by atoms with van der Waals surface area (Å²) in [5.74, 6) is 0.0321. The molecule has 6 nitrogen and oxygen atoms in total. The third-order valence-corrected chi connectivity index (χ3v) is 4.39. The lowest BCUT2D eigenvalue weighted by Crippen LogP contribution is -2.44. The number of nitrogens with one attached hydrogen (secondary N) is 2. The summed E-state index contributed by atoms with van der Waals surface area (Å²) in [5, 5.41) is 2.61. The van der Waals surface area contributed by atoms with E-state index in [1.165, 1.54) is 13.2 Å². The van der Waals surface area contributed by atoms with Crippen LogP contribution in [0.15, 0.2) is 53.1 Å². The van der Waals surface area contributed by atoms with Gasteiger partial charge in [0, 0.05) is 0 Å². The molecule has 2 aromatic rings. The van der Waals surface area contributed by atoms with Crippen molar-refractivity contribution < 1.29 is 17.6 Å². The van der Waals surface area contributed by atoms with Gasteiger partial charge in [-0.15, -0.1) is 0 Å². The molecule has 2 rings (SSSR count). The van der Waals surface area contributed by atoms with Crippen LogP contribution in [-0.2, 0) is 27.1 Å². The van der Waals surface area contributed by atoms with Gasteiger partial charge in [0.15, 0.2) is 0 Å². The first kappa shape index (κ1) is 16.3. The van der Waals surface area contributed by atoms with E-state index in [0.29, 0.717) is 11.3 Å². The maximum absolute atomic E-state index is 12.0. The molecule has 1 aromatic carbocycles. The minimum absolute atomic E-state index is 0.163. The second-order valence-electron chi connectivity index (χ2n) is 4.88. The Balaban J connectivity index is 1.86. The standard InChI is InChI=1S/C15H18N2O4S/c1-12(15(18)16-10-14-8-5-9-21-14)17-22(19,20)11-13-6-3-2-4-7-13/h2-9,12,17H,10-11H2,1H3,(H,16,18)/t12-/m1/s1. The third kappa shape index (κ3) is 5.01. The maximum Gasteiger partial charge on any atom is 0.238 e. The highest BCUT2D eigenvalue weighted by atomic mass is 32.2. The van der Waals surface area contributed by atoms with Gasteiger partial charge in [0.05, 0.1) is 24.6 Å². The number of furan rings is 1. The number of rotatable bonds is 7. The molecule has 0 aliphatic carbocycles. The maximum atomic E-state index is 12.0. The van der Waals surface area contributed by atoms with Crippen molar-refractivity contribution in [1.82, 2.24) is 10.0 Å². The molecule has 0 fully saturated rings. The van der Waals surface area contributed by atoms with Crippen LogP contribution in [0, 0.1) is 0 Å². The Kier molecular flexibility index (Phi) is 5.35. The van der Waals surface area contributed by atoms with Crippen LogP contribution in [0.2, 0.25) is 0 Å². The Morgan fingerprint density at radius 1 is 1.18 bits per heavy atom. The van der Waals surface area contributed by atoms with E-state index in [1.807, 2.05) is 6.07 Å². The van der Waals surface area contributed by atoms with Crippen molar-refractivity contribution in [1.29, 1.82) is 0 Å².